The topological polar surface area (TPSA) is 114 Å². The summed E-state index contributed by atoms with van der Waals surface area (Å²) in [5.74, 6) is -2.51. The van der Waals surface area contributed by atoms with E-state index in [1.807, 2.05) is 0 Å². The van der Waals surface area contributed by atoms with Gasteiger partial charge in [0.15, 0.2) is 11.6 Å². The van der Waals surface area contributed by atoms with E-state index >= 15 is 0 Å². The Balaban J connectivity index is 1.77. The van der Waals surface area contributed by atoms with E-state index < -0.39 is 21.7 Å². The molecule has 3 aromatic rings. The van der Waals surface area contributed by atoms with Crippen molar-refractivity contribution in [2.75, 3.05) is 29.4 Å². The molecule has 0 unspecified atom stereocenters. The van der Waals surface area contributed by atoms with E-state index in [1.54, 1.807) is 0 Å². The summed E-state index contributed by atoms with van der Waals surface area (Å²) in [6, 6.07) is 2.17. The van der Waals surface area contributed by atoms with Gasteiger partial charge >= 0.3 is 0 Å². The van der Waals surface area contributed by atoms with Crippen LogP contribution >= 0.6 is 12.2 Å². The van der Waals surface area contributed by atoms with Gasteiger partial charge in [0.1, 0.15) is 11.4 Å². The minimum atomic E-state index is -3.69. The fraction of sp³-hybridized carbons (Fsp3) is 0.316. The van der Waals surface area contributed by atoms with Crippen LogP contribution in [0.25, 0.3) is 11.0 Å². The molecule has 4 rings (SSSR count). The number of benzene rings is 1. The van der Waals surface area contributed by atoms with Crippen LogP contribution in [-0.4, -0.2) is 48.6 Å². The second-order valence-corrected chi connectivity index (χ2v) is 9.49. The fourth-order valence-corrected chi connectivity index (χ4v) is 5.16. The molecule has 0 spiro atoms. The number of thiocarbonyl (C=S) groups is 1. The number of sulfonamides is 1. The molecule has 3 heterocycles. The van der Waals surface area contributed by atoms with E-state index in [0.29, 0.717) is 31.3 Å². The van der Waals surface area contributed by atoms with Crippen molar-refractivity contribution < 1.29 is 21.6 Å². The second-order valence-electron chi connectivity index (χ2n) is 7.22. The number of nitrogens with one attached hydrogen (secondary N) is 1. The third kappa shape index (κ3) is 3.98. The van der Waals surface area contributed by atoms with Crippen molar-refractivity contribution in [1.82, 2.24) is 15.3 Å². The van der Waals surface area contributed by atoms with Crippen LogP contribution in [0, 0.1) is 11.6 Å². The first kappa shape index (κ1) is 21.5. The first-order valence-electron chi connectivity index (χ1n) is 9.41. The molecule has 1 fully saturated rings. The minimum Gasteiger partial charge on any atom is -0.464 e. The molecule has 164 valence electrons. The zero-order valence-electron chi connectivity index (χ0n) is 16.4. The van der Waals surface area contributed by atoms with Crippen molar-refractivity contribution in [2.24, 2.45) is 0 Å². The number of aromatic nitrogens is 2. The summed E-state index contributed by atoms with van der Waals surface area (Å²) < 4.78 is 59.9. The van der Waals surface area contributed by atoms with Crippen LogP contribution in [0.5, 0.6) is 0 Å². The van der Waals surface area contributed by atoms with Gasteiger partial charge in [-0.15, -0.1) is 0 Å². The largest absolute Gasteiger partial charge is 0.464 e. The maximum Gasteiger partial charge on any atom is 0.241 e. The number of halogens is 2. The lowest BCUT2D eigenvalue weighted by atomic mass is 10.0. The zero-order valence-corrected chi connectivity index (χ0v) is 18.1. The van der Waals surface area contributed by atoms with Crippen LogP contribution in [0.2, 0.25) is 0 Å². The maximum atomic E-state index is 14.6. The van der Waals surface area contributed by atoms with E-state index in [2.05, 4.69) is 15.3 Å². The maximum absolute atomic E-state index is 14.6. The standard InChI is InChI=1S/C19H19F2N5O3S2/c1-31(27,28)26(11-2-5-23-6-3-11)19-24-9-12(18(22)25-19)17(30)14-15(21)13(20)8-10-4-7-29-16(10)14/h4,7-9,11,23H,2-3,5-6H2,1H3,(H2,22,24,25). The predicted octanol–water partition coefficient (Wildman–Crippen LogP) is 2.37. The van der Waals surface area contributed by atoms with Crippen LogP contribution in [0.4, 0.5) is 20.5 Å². The summed E-state index contributed by atoms with van der Waals surface area (Å²) in [5.41, 5.74) is 5.93. The first-order chi connectivity index (χ1) is 14.7. The van der Waals surface area contributed by atoms with E-state index in [4.69, 9.17) is 22.4 Å². The lowest BCUT2D eigenvalue weighted by Gasteiger charge is -2.32. The van der Waals surface area contributed by atoms with E-state index in [-0.39, 0.29) is 39.4 Å². The first-order valence-corrected chi connectivity index (χ1v) is 11.7. The van der Waals surface area contributed by atoms with Crippen molar-refractivity contribution in [3.8, 4) is 0 Å². The zero-order chi connectivity index (χ0) is 22.3. The summed E-state index contributed by atoms with van der Waals surface area (Å²) in [7, 11) is -3.69. The molecule has 12 heteroatoms. The van der Waals surface area contributed by atoms with Gasteiger partial charge in [0.05, 0.1) is 34.6 Å². The van der Waals surface area contributed by atoms with Crippen molar-refractivity contribution in [3.63, 3.8) is 0 Å². The van der Waals surface area contributed by atoms with Crippen LogP contribution in [-0.2, 0) is 10.0 Å². The molecule has 0 saturated carbocycles. The summed E-state index contributed by atoms with van der Waals surface area (Å²) in [5, 5.41) is 3.50. The lowest BCUT2D eigenvalue weighted by Crippen LogP contribution is -2.46. The van der Waals surface area contributed by atoms with Gasteiger partial charge in [-0.2, -0.15) is 4.98 Å². The number of rotatable bonds is 5. The minimum absolute atomic E-state index is 0.0692. The molecular formula is C19H19F2N5O3S2. The Morgan fingerprint density at radius 1 is 1.35 bits per heavy atom. The van der Waals surface area contributed by atoms with Gasteiger partial charge in [-0.3, -0.25) is 0 Å². The molecular weight excluding hydrogens is 448 g/mol. The molecule has 0 aliphatic carbocycles. The van der Waals surface area contributed by atoms with E-state index in [1.165, 1.54) is 18.5 Å². The molecule has 2 aromatic heterocycles. The second kappa shape index (κ2) is 8.09. The van der Waals surface area contributed by atoms with E-state index in [0.717, 1.165) is 16.6 Å². The molecule has 3 N–H and O–H groups in total. The summed E-state index contributed by atoms with van der Waals surface area (Å²) in [4.78, 5) is 8.14. The highest BCUT2D eigenvalue weighted by Gasteiger charge is 2.31. The highest BCUT2D eigenvalue weighted by Crippen LogP contribution is 2.30. The Labute approximate surface area is 182 Å². The summed E-state index contributed by atoms with van der Waals surface area (Å²) in [6.45, 7) is 1.32. The normalized spacial score (nSPS) is 15.3. The number of nitrogen functional groups attached to an aromatic ring is 1. The van der Waals surface area contributed by atoms with Crippen molar-refractivity contribution in [3.05, 3.63) is 47.4 Å². The number of anilines is 2. The number of nitrogens with two attached hydrogens (primary N) is 1. The van der Waals surface area contributed by atoms with E-state index in [9.17, 15) is 17.2 Å². The number of hydrogen-bond acceptors (Lipinski definition) is 8. The van der Waals surface area contributed by atoms with Gasteiger partial charge in [-0.1, -0.05) is 12.2 Å². The van der Waals surface area contributed by atoms with Crippen molar-refractivity contribution in [2.45, 2.75) is 18.9 Å². The molecule has 0 radical (unpaired) electrons. The molecule has 0 bridgehead atoms. The van der Waals surface area contributed by atoms with Gasteiger partial charge < -0.3 is 15.5 Å². The quantitative estimate of drug-likeness (QED) is 0.434. The van der Waals surface area contributed by atoms with Gasteiger partial charge in [0.25, 0.3) is 0 Å². The molecule has 8 nitrogen and oxygen atoms in total. The Morgan fingerprint density at radius 2 is 2.06 bits per heavy atom. The Morgan fingerprint density at radius 3 is 2.71 bits per heavy atom. The highest BCUT2D eigenvalue weighted by molar-refractivity contribution is 7.92. The number of hydrogen-bond donors (Lipinski definition) is 2. The van der Waals surface area contributed by atoms with Crippen LogP contribution in [0.1, 0.15) is 24.0 Å². The van der Waals surface area contributed by atoms with Gasteiger partial charge in [0, 0.05) is 11.6 Å². The number of furan rings is 1. The van der Waals surface area contributed by atoms with Crippen LogP contribution in [0.15, 0.2) is 29.0 Å². The SMILES string of the molecule is CS(=O)(=O)N(c1ncc(C(=S)c2c(F)c(F)cc3ccoc23)c(N)n1)C1CCNCC1. The van der Waals surface area contributed by atoms with Crippen LogP contribution < -0.4 is 15.4 Å². The fourth-order valence-electron chi connectivity index (χ4n) is 3.68. The highest BCUT2D eigenvalue weighted by atomic mass is 32.2. The third-order valence-electron chi connectivity index (χ3n) is 5.11. The van der Waals surface area contributed by atoms with Crippen LogP contribution in [0.3, 0.4) is 0 Å². The Hall–Kier alpha value is -2.70. The molecule has 0 atom stereocenters. The molecule has 1 saturated heterocycles. The third-order valence-corrected chi connectivity index (χ3v) is 6.71. The average Bonchev–Trinajstić information content (AvgIpc) is 3.16. The van der Waals surface area contributed by atoms with Gasteiger partial charge in [0.2, 0.25) is 16.0 Å². The van der Waals surface area contributed by atoms with Gasteiger partial charge in [-0.25, -0.2) is 26.5 Å². The van der Waals surface area contributed by atoms with Crippen molar-refractivity contribution >= 4 is 49.8 Å². The smallest absolute Gasteiger partial charge is 0.241 e. The molecule has 0 amide bonds. The molecule has 31 heavy (non-hydrogen) atoms. The predicted molar refractivity (Wildman–Crippen MR) is 117 cm³/mol. The summed E-state index contributed by atoms with van der Waals surface area (Å²) >= 11 is 5.36. The average molecular weight is 468 g/mol. The number of fused-ring (bicyclic) bond motifs is 1. The molecule has 1 aromatic carbocycles. The molecule has 1 aliphatic rings. The summed E-state index contributed by atoms with van der Waals surface area (Å²) in [6.07, 6.45) is 4.76. The Kier molecular flexibility index (Phi) is 5.62. The number of piperidine rings is 1. The van der Waals surface area contributed by atoms with Crippen molar-refractivity contribution in [1.29, 1.82) is 0 Å². The number of nitrogens with zero attached hydrogens (tertiary/aromatic N) is 3. The molecule has 1 aliphatic heterocycles. The van der Waals surface area contributed by atoms with Gasteiger partial charge in [-0.05, 0) is 38.1 Å². The lowest BCUT2D eigenvalue weighted by molar-refractivity contribution is 0.451. The Bertz CT molecular complexity index is 1270. The monoisotopic (exact) mass is 467 g/mol.